The first-order valence-electron chi connectivity index (χ1n) is 7.22. The molecule has 110 valence electrons. The third-order valence-electron chi connectivity index (χ3n) is 4.04. The summed E-state index contributed by atoms with van der Waals surface area (Å²) in [6, 6.07) is 14.0. The lowest BCUT2D eigenvalue weighted by Crippen LogP contribution is -2.23. The van der Waals surface area contributed by atoms with Crippen molar-refractivity contribution in [3.63, 3.8) is 0 Å². The molecule has 1 aromatic heterocycles. The highest BCUT2D eigenvalue weighted by Gasteiger charge is 2.23. The van der Waals surface area contributed by atoms with Gasteiger partial charge in [-0.15, -0.1) is 0 Å². The van der Waals surface area contributed by atoms with Crippen molar-refractivity contribution in [2.45, 2.75) is 13.1 Å². The Balaban J connectivity index is 1.79. The molecule has 2 heterocycles. The smallest absolute Gasteiger partial charge is 0.262 e. The first-order valence-corrected chi connectivity index (χ1v) is 7.22. The number of benzene rings is 2. The van der Waals surface area contributed by atoms with Crippen molar-refractivity contribution in [3.8, 4) is 0 Å². The molecule has 22 heavy (non-hydrogen) atoms. The lowest BCUT2D eigenvalue weighted by atomic mass is 10.2. The molecule has 0 amide bonds. The van der Waals surface area contributed by atoms with Crippen LogP contribution in [0.2, 0.25) is 0 Å². The maximum atomic E-state index is 13.8. The molecule has 3 aromatic rings. The first-order chi connectivity index (χ1) is 10.7. The van der Waals surface area contributed by atoms with Gasteiger partial charge in [-0.1, -0.05) is 30.3 Å². The van der Waals surface area contributed by atoms with Crippen molar-refractivity contribution in [1.29, 1.82) is 0 Å². The highest BCUT2D eigenvalue weighted by atomic mass is 19.1. The number of halogens is 1. The SMILES string of the molecule is O=c1c2ccccc2nc2n1CCN2Cc1ccccc1F. The Bertz CT molecular complexity index is 919. The van der Waals surface area contributed by atoms with Gasteiger partial charge in [-0.05, 0) is 18.2 Å². The van der Waals surface area contributed by atoms with E-state index in [4.69, 9.17) is 0 Å². The largest absolute Gasteiger partial charge is 0.336 e. The molecule has 0 radical (unpaired) electrons. The number of anilines is 1. The highest BCUT2D eigenvalue weighted by Crippen LogP contribution is 2.22. The van der Waals surface area contributed by atoms with Gasteiger partial charge in [0.05, 0.1) is 10.9 Å². The van der Waals surface area contributed by atoms with Gasteiger partial charge in [0, 0.05) is 25.2 Å². The van der Waals surface area contributed by atoms with E-state index in [0.717, 1.165) is 0 Å². The average Bonchev–Trinajstić information content (AvgIpc) is 2.93. The Labute approximate surface area is 126 Å². The van der Waals surface area contributed by atoms with E-state index in [2.05, 4.69) is 4.98 Å². The molecular formula is C17H14FN3O. The van der Waals surface area contributed by atoms with Gasteiger partial charge in [0.2, 0.25) is 5.95 Å². The van der Waals surface area contributed by atoms with Crippen molar-refractivity contribution in [3.05, 3.63) is 70.3 Å². The summed E-state index contributed by atoms with van der Waals surface area (Å²) in [7, 11) is 0. The molecule has 0 saturated heterocycles. The normalized spacial score (nSPS) is 13.6. The van der Waals surface area contributed by atoms with Gasteiger partial charge in [-0.2, -0.15) is 0 Å². The van der Waals surface area contributed by atoms with Crippen molar-refractivity contribution in [2.75, 3.05) is 11.4 Å². The van der Waals surface area contributed by atoms with E-state index in [0.29, 0.717) is 42.0 Å². The predicted molar refractivity (Wildman–Crippen MR) is 83.5 cm³/mol. The Morgan fingerprint density at radius 1 is 1.05 bits per heavy atom. The Kier molecular flexibility index (Phi) is 2.92. The van der Waals surface area contributed by atoms with Crippen LogP contribution in [-0.2, 0) is 13.1 Å². The topological polar surface area (TPSA) is 38.1 Å². The van der Waals surface area contributed by atoms with Crippen molar-refractivity contribution in [1.82, 2.24) is 9.55 Å². The fourth-order valence-electron chi connectivity index (χ4n) is 2.90. The summed E-state index contributed by atoms with van der Waals surface area (Å²) in [6.07, 6.45) is 0. The van der Waals surface area contributed by atoms with Gasteiger partial charge in [0.1, 0.15) is 5.82 Å². The van der Waals surface area contributed by atoms with E-state index in [-0.39, 0.29) is 11.4 Å². The van der Waals surface area contributed by atoms with Crippen LogP contribution in [0.4, 0.5) is 10.3 Å². The average molecular weight is 295 g/mol. The van der Waals surface area contributed by atoms with Gasteiger partial charge >= 0.3 is 0 Å². The van der Waals surface area contributed by atoms with E-state index in [1.54, 1.807) is 22.8 Å². The van der Waals surface area contributed by atoms with Gasteiger partial charge < -0.3 is 4.90 Å². The fraction of sp³-hybridized carbons (Fsp3) is 0.176. The summed E-state index contributed by atoms with van der Waals surface area (Å²) < 4.78 is 15.5. The van der Waals surface area contributed by atoms with E-state index in [1.165, 1.54) is 6.07 Å². The van der Waals surface area contributed by atoms with Gasteiger partial charge in [-0.3, -0.25) is 9.36 Å². The van der Waals surface area contributed by atoms with E-state index in [1.807, 2.05) is 29.2 Å². The minimum Gasteiger partial charge on any atom is -0.336 e. The van der Waals surface area contributed by atoms with Gasteiger partial charge in [0.15, 0.2) is 0 Å². The van der Waals surface area contributed by atoms with E-state index in [9.17, 15) is 9.18 Å². The predicted octanol–water partition coefficient (Wildman–Crippen LogP) is 2.56. The number of fused-ring (bicyclic) bond motifs is 2. The fourth-order valence-corrected chi connectivity index (χ4v) is 2.90. The lowest BCUT2D eigenvalue weighted by Gasteiger charge is -2.17. The molecule has 2 aromatic carbocycles. The molecule has 1 aliphatic heterocycles. The van der Waals surface area contributed by atoms with Crippen LogP contribution in [0.3, 0.4) is 0 Å². The van der Waals surface area contributed by atoms with Crippen LogP contribution in [0, 0.1) is 5.82 Å². The summed E-state index contributed by atoms with van der Waals surface area (Å²) in [5, 5.41) is 0.624. The number of hydrogen-bond donors (Lipinski definition) is 0. The minimum atomic E-state index is -0.232. The quantitative estimate of drug-likeness (QED) is 0.729. The molecule has 4 rings (SSSR count). The zero-order chi connectivity index (χ0) is 15.1. The molecule has 0 aliphatic carbocycles. The third-order valence-corrected chi connectivity index (χ3v) is 4.04. The summed E-state index contributed by atoms with van der Waals surface area (Å²) in [4.78, 5) is 19.0. The highest BCUT2D eigenvalue weighted by molar-refractivity contribution is 5.78. The minimum absolute atomic E-state index is 0.0309. The molecule has 0 N–H and O–H groups in total. The number of aromatic nitrogens is 2. The second-order valence-corrected chi connectivity index (χ2v) is 5.40. The monoisotopic (exact) mass is 295 g/mol. The maximum absolute atomic E-state index is 13.8. The van der Waals surface area contributed by atoms with Crippen LogP contribution < -0.4 is 10.5 Å². The zero-order valence-corrected chi connectivity index (χ0v) is 11.9. The Morgan fingerprint density at radius 2 is 1.82 bits per heavy atom. The maximum Gasteiger partial charge on any atom is 0.262 e. The van der Waals surface area contributed by atoms with Crippen LogP contribution >= 0.6 is 0 Å². The van der Waals surface area contributed by atoms with Crippen LogP contribution in [0.15, 0.2) is 53.3 Å². The summed E-state index contributed by atoms with van der Waals surface area (Å²) in [5.41, 5.74) is 1.26. The summed E-state index contributed by atoms with van der Waals surface area (Å²) in [6.45, 7) is 1.66. The molecule has 0 spiro atoms. The van der Waals surface area contributed by atoms with E-state index >= 15 is 0 Å². The molecule has 0 unspecified atom stereocenters. The Morgan fingerprint density at radius 3 is 2.68 bits per heavy atom. The molecule has 1 aliphatic rings. The van der Waals surface area contributed by atoms with Gasteiger partial charge in [-0.25, -0.2) is 9.37 Å². The molecule has 0 saturated carbocycles. The molecule has 5 heteroatoms. The van der Waals surface area contributed by atoms with Crippen molar-refractivity contribution >= 4 is 16.9 Å². The van der Waals surface area contributed by atoms with Crippen LogP contribution in [-0.4, -0.2) is 16.1 Å². The molecule has 0 bridgehead atoms. The molecule has 4 nitrogen and oxygen atoms in total. The lowest BCUT2D eigenvalue weighted by molar-refractivity contribution is 0.605. The van der Waals surface area contributed by atoms with Crippen molar-refractivity contribution < 1.29 is 4.39 Å². The summed E-state index contributed by atoms with van der Waals surface area (Å²) in [5.74, 6) is 0.385. The first kappa shape index (κ1) is 13.0. The molecule has 0 atom stereocenters. The van der Waals surface area contributed by atoms with Crippen LogP contribution in [0.5, 0.6) is 0 Å². The number of nitrogens with zero attached hydrogens (tertiary/aromatic N) is 3. The second kappa shape index (κ2) is 4.94. The number of hydrogen-bond acceptors (Lipinski definition) is 3. The number of rotatable bonds is 2. The number of para-hydroxylation sites is 1. The Hall–Kier alpha value is -2.69. The molecule has 0 fully saturated rings. The zero-order valence-electron chi connectivity index (χ0n) is 11.9. The van der Waals surface area contributed by atoms with Crippen molar-refractivity contribution in [2.24, 2.45) is 0 Å². The standard InChI is InChI=1S/C17H14FN3O/c18-14-7-3-1-5-12(14)11-20-9-10-21-16(22)13-6-2-4-8-15(13)19-17(20)21/h1-8H,9-11H2. The summed E-state index contributed by atoms with van der Waals surface area (Å²) >= 11 is 0. The van der Waals surface area contributed by atoms with Crippen LogP contribution in [0.1, 0.15) is 5.56 Å². The van der Waals surface area contributed by atoms with Crippen LogP contribution in [0.25, 0.3) is 10.9 Å². The van der Waals surface area contributed by atoms with Gasteiger partial charge in [0.25, 0.3) is 5.56 Å². The molecular weight excluding hydrogens is 281 g/mol. The third kappa shape index (κ3) is 1.97. The second-order valence-electron chi connectivity index (χ2n) is 5.40. The van der Waals surface area contributed by atoms with E-state index < -0.39 is 0 Å².